The minimum Gasteiger partial charge on any atom is -0.465 e. The molecule has 1 aromatic carbocycles. The molecule has 3 fully saturated rings. The summed E-state index contributed by atoms with van der Waals surface area (Å²) in [6.45, 7) is 9.82. The van der Waals surface area contributed by atoms with E-state index in [1.807, 2.05) is 6.08 Å². The van der Waals surface area contributed by atoms with Crippen molar-refractivity contribution in [3.8, 4) is 0 Å². The molecule has 2 bridgehead atoms. The van der Waals surface area contributed by atoms with E-state index in [-0.39, 0.29) is 48.6 Å². The molecule has 1 spiro atoms. The fourth-order valence-electron chi connectivity index (χ4n) is 6.33. The smallest absolute Gasteiger partial charge is 0.310 e. The highest BCUT2D eigenvalue weighted by molar-refractivity contribution is 8.02. The number of benzene rings is 1. The van der Waals surface area contributed by atoms with E-state index in [4.69, 9.17) is 16.3 Å². The Morgan fingerprint density at radius 1 is 1.30 bits per heavy atom. The van der Waals surface area contributed by atoms with Crippen LogP contribution in [0, 0.1) is 17.8 Å². The quantitative estimate of drug-likeness (QED) is 0.241. The number of aliphatic hydroxyl groups is 1. The number of allylic oxidation sites excluding steroid dienone is 1. The number of fused-ring (bicyclic) bond motifs is 1. The first kappa shape index (κ1) is 27.7. The number of nitrogens with zero attached hydrogens (tertiary/aromatic N) is 2. The van der Waals surface area contributed by atoms with E-state index in [2.05, 4.69) is 20.1 Å². The molecule has 1 aromatic rings. The zero-order valence-corrected chi connectivity index (χ0v) is 22.8. The molecular weight excluding hydrogens is 512 g/mol. The van der Waals surface area contributed by atoms with Gasteiger partial charge in [-0.3, -0.25) is 14.4 Å². The molecule has 3 heterocycles. The predicted molar refractivity (Wildman–Crippen MR) is 146 cm³/mol. The first-order chi connectivity index (χ1) is 17.8. The number of carbonyl (C=O) groups is 3. The number of thioether (sulfide) groups is 1. The fourth-order valence-corrected chi connectivity index (χ4v) is 8.97. The number of hydrogen-bond donors (Lipinski definition) is 1. The highest BCUT2D eigenvalue weighted by Crippen LogP contribution is 2.68. The number of rotatable bonds is 12. The monoisotopic (exact) mass is 546 g/mol. The third-order valence-corrected chi connectivity index (χ3v) is 10.3. The van der Waals surface area contributed by atoms with Crippen LogP contribution in [-0.4, -0.2) is 70.1 Å². The van der Waals surface area contributed by atoms with Crippen molar-refractivity contribution in [1.29, 1.82) is 0 Å². The number of anilines is 1. The number of likely N-dealkylation sites (tertiary alicyclic amines) is 1. The molecule has 7 nitrogen and oxygen atoms in total. The molecule has 3 saturated heterocycles. The van der Waals surface area contributed by atoms with Gasteiger partial charge < -0.3 is 19.6 Å². The molecule has 2 amide bonds. The number of hydrogen-bond acceptors (Lipinski definition) is 6. The van der Waals surface area contributed by atoms with Gasteiger partial charge in [0.2, 0.25) is 5.91 Å². The van der Waals surface area contributed by atoms with Crippen LogP contribution in [0.25, 0.3) is 0 Å². The minimum atomic E-state index is -0.844. The lowest BCUT2D eigenvalue weighted by molar-refractivity contribution is -0.154. The number of aliphatic hydroxyl groups excluding tert-OH is 1. The van der Waals surface area contributed by atoms with E-state index < -0.39 is 22.6 Å². The topological polar surface area (TPSA) is 87.2 Å². The Morgan fingerprint density at radius 2 is 2.05 bits per heavy atom. The van der Waals surface area contributed by atoms with Gasteiger partial charge in [0, 0.05) is 18.3 Å². The van der Waals surface area contributed by atoms with Crippen LogP contribution in [-0.2, 0) is 19.1 Å². The predicted octanol–water partition coefficient (Wildman–Crippen LogP) is 4.09. The third-order valence-electron chi connectivity index (χ3n) is 7.86. The summed E-state index contributed by atoms with van der Waals surface area (Å²) in [6, 6.07) is 6.23. The first-order valence-electron chi connectivity index (χ1n) is 12.9. The Hall–Kier alpha value is -2.29. The van der Waals surface area contributed by atoms with Gasteiger partial charge in [0.15, 0.2) is 0 Å². The van der Waals surface area contributed by atoms with Crippen LogP contribution >= 0.6 is 23.4 Å². The Morgan fingerprint density at radius 3 is 2.73 bits per heavy atom. The maximum atomic E-state index is 14.3. The maximum Gasteiger partial charge on any atom is 0.310 e. The standard InChI is InChI=1S/C28H35ClN2O5S/c1-4-6-7-10-16-36-27(35)22-21-17-18(3)28(37-21)23(22)25(33)31(14-15-32)24(28)26(34)30(13-5-2)20-12-9-8-11-19(20)29/h4-5,8-9,11-12,18,21-24,32H,1-2,6-7,10,13-17H2,3H3/t18?,21-,22+,23-,24?,28?/m0/s1. The Labute approximate surface area is 227 Å². The second-order valence-electron chi connectivity index (χ2n) is 9.95. The lowest BCUT2D eigenvalue weighted by Gasteiger charge is -2.40. The van der Waals surface area contributed by atoms with Crippen LogP contribution in [0.5, 0.6) is 0 Å². The molecule has 0 saturated carbocycles. The van der Waals surface area contributed by atoms with E-state index >= 15 is 0 Å². The van der Waals surface area contributed by atoms with Gasteiger partial charge in [-0.1, -0.05) is 42.8 Å². The summed E-state index contributed by atoms with van der Waals surface area (Å²) in [5, 5.41) is 10.2. The number of unbranched alkanes of at least 4 members (excludes halogenated alkanes) is 2. The summed E-state index contributed by atoms with van der Waals surface area (Å²) < 4.78 is 4.85. The van der Waals surface area contributed by atoms with Crippen molar-refractivity contribution >= 4 is 46.8 Å². The SMILES string of the molecule is C=CCCCCOC(=O)[C@@H]1[C@@H]2CC(C)C3(S2)C(C(=O)N(CC=C)c2ccccc2Cl)N(CCO)C(=O)[C@H]13. The van der Waals surface area contributed by atoms with Crippen molar-refractivity contribution in [2.45, 2.75) is 48.6 Å². The van der Waals surface area contributed by atoms with Crippen molar-refractivity contribution < 1.29 is 24.2 Å². The van der Waals surface area contributed by atoms with Crippen LogP contribution in [0.3, 0.4) is 0 Å². The number of amides is 2. The van der Waals surface area contributed by atoms with Gasteiger partial charge in [0.1, 0.15) is 6.04 Å². The van der Waals surface area contributed by atoms with E-state index in [9.17, 15) is 19.5 Å². The molecule has 0 radical (unpaired) electrons. The van der Waals surface area contributed by atoms with Crippen LogP contribution in [0.2, 0.25) is 5.02 Å². The molecule has 200 valence electrons. The highest BCUT2D eigenvalue weighted by Gasteiger charge is 2.76. The number of β-amino-alcohol motifs (C(OH)–C–C–N with tert-alkyl or cyclic N) is 1. The number of esters is 1. The lowest BCUT2D eigenvalue weighted by Crippen LogP contribution is -2.57. The number of halogens is 1. The molecule has 6 atom stereocenters. The van der Waals surface area contributed by atoms with E-state index in [0.717, 1.165) is 25.7 Å². The molecule has 1 N–H and O–H groups in total. The average molecular weight is 547 g/mol. The molecule has 3 unspecified atom stereocenters. The van der Waals surface area contributed by atoms with Gasteiger partial charge in [-0.25, -0.2) is 0 Å². The van der Waals surface area contributed by atoms with Gasteiger partial charge in [-0.2, -0.15) is 0 Å². The number of carbonyl (C=O) groups excluding carboxylic acids is 3. The summed E-state index contributed by atoms with van der Waals surface area (Å²) in [6.07, 6.45) is 6.64. The van der Waals surface area contributed by atoms with Crippen molar-refractivity contribution in [3.63, 3.8) is 0 Å². The first-order valence-corrected chi connectivity index (χ1v) is 14.1. The van der Waals surface area contributed by atoms with Gasteiger partial charge >= 0.3 is 5.97 Å². The van der Waals surface area contributed by atoms with Crippen molar-refractivity contribution in [3.05, 3.63) is 54.6 Å². The van der Waals surface area contributed by atoms with E-state index in [0.29, 0.717) is 17.3 Å². The van der Waals surface area contributed by atoms with Crippen LogP contribution in [0.4, 0.5) is 5.69 Å². The van der Waals surface area contributed by atoms with Gasteiger partial charge in [-0.05, 0) is 43.7 Å². The summed E-state index contributed by atoms with van der Waals surface area (Å²) in [7, 11) is 0. The Kier molecular flexibility index (Phi) is 8.71. The minimum absolute atomic E-state index is 0.0131. The zero-order chi connectivity index (χ0) is 26.7. The van der Waals surface area contributed by atoms with E-state index in [1.54, 1.807) is 47.0 Å². The summed E-state index contributed by atoms with van der Waals surface area (Å²) in [4.78, 5) is 44.6. The fraction of sp³-hybridized carbons (Fsp3) is 0.536. The molecule has 9 heteroatoms. The molecule has 3 aliphatic rings. The van der Waals surface area contributed by atoms with Crippen LogP contribution in [0.1, 0.15) is 32.6 Å². The number of ether oxygens (including phenoxy) is 1. The largest absolute Gasteiger partial charge is 0.465 e. The second kappa shape index (κ2) is 11.6. The van der Waals surface area contributed by atoms with Gasteiger partial charge in [0.25, 0.3) is 5.91 Å². The molecular formula is C28H35ClN2O5S. The second-order valence-corrected chi connectivity index (χ2v) is 11.9. The third kappa shape index (κ3) is 4.72. The molecule has 37 heavy (non-hydrogen) atoms. The summed E-state index contributed by atoms with van der Waals surface area (Å²) >= 11 is 8.05. The summed E-state index contributed by atoms with van der Waals surface area (Å²) in [5.74, 6) is -2.18. The average Bonchev–Trinajstić information content (AvgIpc) is 3.47. The molecule has 0 aromatic heterocycles. The highest BCUT2D eigenvalue weighted by atomic mass is 35.5. The maximum absolute atomic E-state index is 14.3. The van der Waals surface area contributed by atoms with Crippen LogP contribution in [0.15, 0.2) is 49.6 Å². The van der Waals surface area contributed by atoms with E-state index in [1.165, 1.54) is 4.90 Å². The molecule has 3 aliphatic heterocycles. The number of para-hydroxylation sites is 1. The molecule has 4 rings (SSSR count). The summed E-state index contributed by atoms with van der Waals surface area (Å²) in [5.41, 5.74) is 0.533. The van der Waals surface area contributed by atoms with Gasteiger partial charge in [0.05, 0.1) is 40.5 Å². The van der Waals surface area contributed by atoms with Crippen molar-refractivity contribution in [2.75, 3.05) is 31.2 Å². The van der Waals surface area contributed by atoms with Gasteiger partial charge in [-0.15, -0.1) is 24.9 Å². The van der Waals surface area contributed by atoms with Crippen molar-refractivity contribution in [1.82, 2.24) is 4.90 Å². The lowest BCUT2D eigenvalue weighted by atomic mass is 9.66. The zero-order valence-electron chi connectivity index (χ0n) is 21.2. The molecule has 0 aliphatic carbocycles. The van der Waals surface area contributed by atoms with Crippen molar-refractivity contribution in [2.24, 2.45) is 17.8 Å². The Balaban J connectivity index is 1.69. The Bertz CT molecular complexity index is 1070. The van der Waals surface area contributed by atoms with Crippen LogP contribution < -0.4 is 4.90 Å². The normalized spacial score (nSPS) is 29.8.